The first-order valence-corrected chi connectivity index (χ1v) is 4.37. The van der Waals surface area contributed by atoms with Crippen molar-refractivity contribution in [3.05, 3.63) is 0 Å². The summed E-state index contributed by atoms with van der Waals surface area (Å²) in [5.41, 5.74) is 0. The van der Waals surface area contributed by atoms with Crippen LogP contribution in [0, 0.1) is 0 Å². The number of aliphatic imine (C=N–C) groups is 1. The third-order valence-corrected chi connectivity index (χ3v) is 1.65. The molecule has 8 heavy (non-hydrogen) atoms. The first-order valence-electron chi connectivity index (χ1n) is 2.95. The van der Waals surface area contributed by atoms with Gasteiger partial charge in [-0.25, -0.2) is 9.79 Å². The zero-order valence-corrected chi connectivity index (χ0v) is 7.18. The first-order chi connectivity index (χ1) is 3.91. The van der Waals surface area contributed by atoms with Crippen molar-refractivity contribution in [3.8, 4) is 0 Å². The molecule has 0 saturated carbocycles. The highest BCUT2D eigenvalue weighted by Crippen LogP contribution is 1.90. The van der Waals surface area contributed by atoms with E-state index in [0.29, 0.717) is 6.54 Å². The molecule has 2 nitrogen and oxygen atoms in total. The minimum atomic E-state index is 0.672. The molecular formula is C5H11NOSi. The number of hydrogen-bond acceptors (Lipinski definition) is 2. The van der Waals surface area contributed by atoms with Crippen LogP contribution in [0.3, 0.4) is 0 Å². The monoisotopic (exact) mass is 129 g/mol. The van der Waals surface area contributed by atoms with Crippen molar-refractivity contribution in [1.29, 1.82) is 0 Å². The Hall–Kier alpha value is -0.403. The van der Waals surface area contributed by atoms with Crippen LogP contribution in [0.1, 0.15) is 12.8 Å². The fraction of sp³-hybridized carbons (Fsp3) is 0.800. The standard InChI is InChI=1S/C5H11NOSi/c7-5-6-3-1-2-4-8/h1-4H2,8H3. The number of unbranched alkanes of at least 4 members (excludes halogenated alkanes) is 1. The Labute approximate surface area is 52.4 Å². The summed E-state index contributed by atoms with van der Waals surface area (Å²) in [4.78, 5) is 12.9. The fourth-order valence-corrected chi connectivity index (χ4v) is 0.987. The summed E-state index contributed by atoms with van der Waals surface area (Å²) in [7, 11) is 1.27. The molecule has 0 unspecified atom stereocenters. The van der Waals surface area contributed by atoms with Gasteiger partial charge in [0.1, 0.15) is 0 Å². The van der Waals surface area contributed by atoms with E-state index in [0.717, 1.165) is 6.42 Å². The van der Waals surface area contributed by atoms with Gasteiger partial charge in [0.2, 0.25) is 6.08 Å². The van der Waals surface area contributed by atoms with Crippen LogP contribution >= 0.6 is 0 Å². The van der Waals surface area contributed by atoms with Gasteiger partial charge in [0, 0.05) is 10.2 Å². The lowest BCUT2D eigenvalue weighted by molar-refractivity contribution is 0.562. The Morgan fingerprint density at radius 2 is 2.25 bits per heavy atom. The molecule has 3 heteroatoms. The highest BCUT2D eigenvalue weighted by molar-refractivity contribution is 6.08. The Morgan fingerprint density at radius 1 is 1.50 bits per heavy atom. The molecule has 0 N–H and O–H groups in total. The molecule has 0 amide bonds. The molecular weight excluding hydrogens is 118 g/mol. The molecule has 0 heterocycles. The van der Waals surface area contributed by atoms with Gasteiger partial charge in [-0.05, 0) is 6.42 Å². The molecule has 0 radical (unpaired) electrons. The quantitative estimate of drug-likeness (QED) is 0.225. The van der Waals surface area contributed by atoms with Crippen LogP contribution < -0.4 is 0 Å². The summed E-state index contributed by atoms with van der Waals surface area (Å²) in [6.07, 6.45) is 3.79. The highest BCUT2D eigenvalue weighted by Gasteiger charge is 1.79. The van der Waals surface area contributed by atoms with Gasteiger partial charge in [-0.15, -0.1) is 0 Å². The Balaban J connectivity index is 2.82. The van der Waals surface area contributed by atoms with Crippen molar-refractivity contribution in [2.24, 2.45) is 4.99 Å². The molecule has 0 aromatic carbocycles. The van der Waals surface area contributed by atoms with Gasteiger partial charge in [0.15, 0.2) is 0 Å². The summed E-state index contributed by atoms with van der Waals surface area (Å²) in [6, 6.07) is 1.31. The van der Waals surface area contributed by atoms with Crippen molar-refractivity contribution in [2.75, 3.05) is 6.54 Å². The molecule has 46 valence electrons. The van der Waals surface area contributed by atoms with E-state index in [2.05, 4.69) is 4.99 Å². The SMILES string of the molecule is O=C=NCCCC[SiH3]. The van der Waals surface area contributed by atoms with Crippen molar-refractivity contribution in [1.82, 2.24) is 0 Å². The van der Waals surface area contributed by atoms with Crippen molar-refractivity contribution < 1.29 is 4.79 Å². The molecule has 0 spiro atoms. The van der Waals surface area contributed by atoms with E-state index in [1.165, 1.54) is 28.8 Å². The number of rotatable bonds is 4. The van der Waals surface area contributed by atoms with E-state index < -0.39 is 0 Å². The lowest BCUT2D eigenvalue weighted by Gasteiger charge is -1.86. The largest absolute Gasteiger partial charge is 0.234 e. The van der Waals surface area contributed by atoms with E-state index >= 15 is 0 Å². The van der Waals surface area contributed by atoms with Gasteiger partial charge in [-0.1, -0.05) is 12.5 Å². The third kappa shape index (κ3) is 5.60. The van der Waals surface area contributed by atoms with Crippen LogP contribution in [0.2, 0.25) is 6.04 Å². The molecule has 0 aromatic heterocycles. The molecule has 0 aliphatic heterocycles. The van der Waals surface area contributed by atoms with Crippen LogP contribution in [-0.2, 0) is 4.79 Å². The molecule has 0 aromatic rings. The zero-order chi connectivity index (χ0) is 6.24. The minimum absolute atomic E-state index is 0.672. The third-order valence-electron chi connectivity index (χ3n) is 0.938. The predicted octanol–water partition coefficient (Wildman–Crippen LogP) is -0.114. The zero-order valence-electron chi connectivity index (χ0n) is 5.18. The maximum atomic E-state index is 9.49. The lowest BCUT2D eigenvalue weighted by Crippen LogP contribution is -1.79. The Morgan fingerprint density at radius 3 is 2.75 bits per heavy atom. The summed E-state index contributed by atoms with van der Waals surface area (Å²) in [5.74, 6) is 0. The maximum Gasteiger partial charge on any atom is 0.234 e. The lowest BCUT2D eigenvalue weighted by atomic mass is 10.3. The second kappa shape index (κ2) is 6.60. The van der Waals surface area contributed by atoms with Crippen LogP contribution in [0.25, 0.3) is 0 Å². The Bertz CT molecular complexity index is 88.4. The smallest absolute Gasteiger partial charge is 0.211 e. The Kier molecular flexibility index (Phi) is 6.26. The van der Waals surface area contributed by atoms with Gasteiger partial charge in [0.05, 0.1) is 6.54 Å². The van der Waals surface area contributed by atoms with E-state index in [1.54, 1.807) is 0 Å². The van der Waals surface area contributed by atoms with Crippen LogP contribution in [0.4, 0.5) is 0 Å². The summed E-state index contributed by atoms with van der Waals surface area (Å²) in [5, 5.41) is 0. The number of hydrogen-bond donors (Lipinski definition) is 0. The van der Waals surface area contributed by atoms with Crippen LogP contribution in [0.5, 0.6) is 0 Å². The van der Waals surface area contributed by atoms with Gasteiger partial charge in [-0.3, -0.25) is 0 Å². The molecule has 0 aliphatic carbocycles. The first kappa shape index (κ1) is 7.60. The minimum Gasteiger partial charge on any atom is -0.211 e. The second-order valence-electron chi connectivity index (χ2n) is 1.68. The van der Waals surface area contributed by atoms with E-state index in [4.69, 9.17) is 0 Å². The number of isocyanates is 1. The van der Waals surface area contributed by atoms with Crippen LogP contribution in [0.15, 0.2) is 4.99 Å². The van der Waals surface area contributed by atoms with Crippen molar-refractivity contribution in [3.63, 3.8) is 0 Å². The molecule has 0 fully saturated rings. The molecule has 0 rings (SSSR count). The van der Waals surface area contributed by atoms with E-state index in [1.807, 2.05) is 0 Å². The molecule has 0 aliphatic rings. The van der Waals surface area contributed by atoms with Gasteiger partial charge in [-0.2, -0.15) is 0 Å². The normalized spacial score (nSPS) is 8.50. The average molecular weight is 129 g/mol. The van der Waals surface area contributed by atoms with Crippen molar-refractivity contribution in [2.45, 2.75) is 18.9 Å². The molecule has 0 atom stereocenters. The summed E-state index contributed by atoms with van der Waals surface area (Å²) in [6.45, 7) is 0.672. The van der Waals surface area contributed by atoms with Gasteiger partial charge in [0.25, 0.3) is 0 Å². The summed E-state index contributed by atoms with van der Waals surface area (Å²) < 4.78 is 0. The molecule has 0 saturated heterocycles. The number of nitrogens with zero attached hydrogens (tertiary/aromatic N) is 1. The average Bonchev–Trinajstić information content (AvgIpc) is 1.81. The second-order valence-corrected chi connectivity index (χ2v) is 2.68. The maximum absolute atomic E-state index is 9.49. The topological polar surface area (TPSA) is 29.4 Å². The van der Waals surface area contributed by atoms with E-state index in [9.17, 15) is 4.79 Å². The summed E-state index contributed by atoms with van der Waals surface area (Å²) >= 11 is 0. The fourth-order valence-electron chi connectivity index (χ4n) is 0.487. The van der Waals surface area contributed by atoms with Crippen LogP contribution in [-0.4, -0.2) is 22.9 Å². The van der Waals surface area contributed by atoms with Crippen molar-refractivity contribution >= 4 is 16.3 Å². The predicted molar refractivity (Wildman–Crippen MR) is 37.0 cm³/mol. The van der Waals surface area contributed by atoms with Gasteiger partial charge >= 0.3 is 0 Å². The molecule has 0 bridgehead atoms. The highest BCUT2D eigenvalue weighted by atomic mass is 28.1. The van der Waals surface area contributed by atoms with E-state index in [-0.39, 0.29) is 0 Å². The van der Waals surface area contributed by atoms with Gasteiger partial charge < -0.3 is 0 Å². The number of carbonyl (C=O) groups excluding carboxylic acids is 1.